The Morgan fingerprint density at radius 1 is 1.12 bits per heavy atom. The van der Waals surface area contributed by atoms with Crippen LogP contribution in [0.3, 0.4) is 0 Å². The Morgan fingerprint density at radius 2 is 1.88 bits per heavy atom. The van der Waals surface area contributed by atoms with Crippen LogP contribution in [0.4, 0.5) is 4.39 Å². The smallest absolute Gasteiger partial charge is 0.266 e. The zero-order valence-electron chi connectivity index (χ0n) is 18.0. The molecular weight excluding hydrogens is 461 g/mol. The number of carbonyl (C=O) groups excluding carboxylic acids is 1. The number of amides is 1. The Balaban J connectivity index is 1.83. The van der Waals surface area contributed by atoms with Gasteiger partial charge in [0, 0.05) is 22.4 Å². The van der Waals surface area contributed by atoms with Crippen molar-refractivity contribution >= 4 is 40.2 Å². The summed E-state index contributed by atoms with van der Waals surface area (Å²) < 4.78 is 15.4. The van der Waals surface area contributed by atoms with Gasteiger partial charge < -0.3 is 5.32 Å². The molecule has 0 fully saturated rings. The van der Waals surface area contributed by atoms with Crippen LogP contribution < -0.4 is 10.9 Å². The molecule has 4 aromatic rings. The van der Waals surface area contributed by atoms with Gasteiger partial charge in [0.15, 0.2) is 5.16 Å². The molecular formula is C25H21ClFN3O2S. The van der Waals surface area contributed by atoms with E-state index in [-0.39, 0.29) is 17.5 Å². The average molecular weight is 482 g/mol. The van der Waals surface area contributed by atoms with Crippen LogP contribution in [-0.2, 0) is 5.75 Å². The molecule has 168 valence electrons. The Hall–Kier alpha value is -3.16. The highest BCUT2D eigenvalue weighted by Crippen LogP contribution is 2.26. The summed E-state index contributed by atoms with van der Waals surface area (Å²) in [4.78, 5) is 30.6. The predicted octanol–water partition coefficient (Wildman–Crippen LogP) is 5.61. The summed E-state index contributed by atoms with van der Waals surface area (Å²) in [5, 5.41) is 4.22. The molecule has 0 unspecified atom stereocenters. The van der Waals surface area contributed by atoms with E-state index in [0.29, 0.717) is 38.1 Å². The number of thioether (sulfide) groups is 1. The molecule has 0 bridgehead atoms. The van der Waals surface area contributed by atoms with Crippen molar-refractivity contribution in [2.75, 3.05) is 0 Å². The van der Waals surface area contributed by atoms with Gasteiger partial charge in [-0.1, -0.05) is 41.6 Å². The van der Waals surface area contributed by atoms with Crippen molar-refractivity contribution < 1.29 is 9.18 Å². The fourth-order valence-corrected chi connectivity index (χ4v) is 4.41. The molecule has 0 radical (unpaired) electrons. The quantitative estimate of drug-likeness (QED) is 0.287. The normalized spacial score (nSPS) is 11.2. The van der Waals surface area contributed by atoms with Crippen molar-refractivity contribution in [2.45, 2.75) is 30.8 Å². The third-order valence-corrected chi connectivity index (χ3v) is 6.13. The lowest BCUT2D eigenvalue weighted by Crippen LogP contribution is -2.30. The fourth-order valence-electron chi connectivity index (χ4n) is 3.32. The molecule has 1 amide bonds. The van der Waals surface area contributed by atoms with Gasteiger partial charge >= 0.3 is 0 Å². The molecule has 5 nitrogen and oxygen atoms in total. The lowest BCUT2D eigenvalue weighted by molar-refractivity contribution is 0.0943. The number of carbonyl (C=O) groups is 1. The Bertz CT molecular complexity index is 1390. The zero-order chi connectivity index (χ0) is 23.5. The first-order valence-corrected chi connectivity index (χ1v) is 11.7. The number of hydrogen-bond acceptors (Lipinski definition) is 4. The van der Waals surface area contributed by atoms with Gasteiger partial charge in [0.05, 0.1) is 16.6 Å². The minimum atomic E-state index is -0.450. The van der Waals surface area contributed by atoms with Crippen LogP contribution in [0.15, 0.2) is 76.7 Å². The Kier molecular flexibility index (Phi) is 6.81. The van der Waals surface area contributed by atoms with Crippen LogP contribution in [0.25, 0.3) is 16.6 Å². The first-order chi connectivity index (χ1) is 15.8. The van der Waals surface area contributed by atoms with E-state index in [1.54, 1.807) is 42.5 Å². The molecule has 33 heavy (non-hydrogen) atoms. The van der Waals surface area contributed by atoms with Gasteiger partial charge in [-0.05, 0) is 67.9 Å². The number of rotatable bonds is 6. The molecule has 1 aromatic heterocycles. The fraction of sp³-hybridized carbons (Fsp3) is 0.160. The molecule has 0 spiro atoms. The van der Waals surface area contributed by atoms with Crippen LogP contribution in [-0.4, -0.2) is 21.5 Å². The van der Waals surface area contributed by atoms with Gasteiger partial charge in [0.2, 0.25) is 0 Å². The molecule has 0 aliphatic rings. The van der Waals surface area contributed by atoms with Crippen molar-refractivity contribution in [3.63, 3.8) is 0 Å². The van der Waals surface area contributed by atoms with Crippen LogP contribution in [0.2, 0.25) is 5.02 Å². The monoisotopic (exact) mass is 481 g/mol. The SMILES string of the molecule is CC(C)NC(=O)c1ccc2c(=O)n(-c3cccc(F)c3)c(SCc3ccc(Cl)cc3)nc2c1. The van der Waals surface area contributed by atoms with Crippen molar-refractivity contribution in [3.8, 4) is 5.69 Å². The minimum absolute atomic E-state index is 0.0207. The van der Waals surface area contributed by atoms with Gasteiger partial charge in [-0.3, -0.25) is 14.2 Å². The van der Waals surface area contributed by atoms with Gasteiger partial charge in [-0.2, -0.15) is 0 Å². The highest BCUT2D eigenvalue weighted by Gasteiger charge is 2.16. The number of benzene rings is 3. The third-order valence-electron chi connectivity index (χ3n) is 4.87. The predicted molar refractivity (Wildman–Crippen MR) is 131 cm³/mol. The van der Waals surface area contributed by atoms with Crippen LogP contribution in [0.1, 0.15) is 29.8 Å². The topological polar surface area (TPSA) is 64.0 Å². The number of hydrogen-bond donors (Lipinski definition) is 1. The first-order valence-electron chi connectivity index (χ1n) is 10.3. The highest BCUT2D eigenvalue weighted by atomic mass is 35.5. The second kappa shape index (κ2) is 9.77. The molecule has 0 saturated carbocycles. The standard InChI is InChI=1S/C25H21ClFN3O2S/c1-15(2)28-23(31)17-8-11-21-22(12-17)29-25(33-14-16-6-9-18(26)10-7-16)30(24(21)32)20-5-3-4-19(27)13-20/h3-13,15H,14H2,1-2H3,(H,28,31). The van der Waals surface area contributed by atoms with Gasteiger partial charge in [-0.25, -0.2) is 9.37 Å². The first kappa shape index (κ1) is 23.0. The maximum atomic E-state index is 14.0. The van der Waals surface area contributed by atoms with E-state index >= 15 is 0 Å². The van der Waals surface area contributed by atoms with Crippen molar-refractivity contribution in [1.82, 2.24) is 14.9 Å². The summed E-state index contributed by atoms with van der Waals surface area (Å²) in [5.74, 6) is -0.162. The van der Waals surface area contributed by atoms with E-state index in [2.05, 4.69) is 5.32 Å². The maximum Gasteiger partial charge on any atom is 0.266 e. The highest BCUT2D eigenvalue weighted by molar-refractivity contribution is 7.98. The minimum Gasteiger partial charge on any atom is -0.350 e. The molecule has 0 aliphatic carbocycles. The summed E-state index contributed by atoms with van der Waals surface area (Å²) in [5.41, 5.74) is 1.87. The molecule has 4 rings (SSSR count). The van der Waals surface area contributed by atoms with E-state index in [1.165, 1.54) is 28.5 Å². The summed E-state index contributed by atoms with van der Waals surface area (Å²) in [6.45, 7) is 3.75. The molecule has 0 saturated heterocycles. The van der Waals surface area contributed by atoms with E-state index in [1.807, 2.05) is 26.0 Å². The number of halogens is 2. The van der Waals surface area contributed by atoms with Gasteiger partial charge in [0.25, 0.3) is 11.5 Å². The Labute approximate surface area is 199 Å². The van der Waals surface area contributed by atoms with Gasteiger partial charge in [0.1, 0.15) is 5.82 Å². The molecule has 8 heteroatoms. The zero-order valence-corrected chi connectivity index (χ0v) is 19.6. The Morgan fingerprint density at radius 3 is 2.58 bits per heavy atom. The van der Waals surface area contributed by atoms with E-state index < -0.39 is 5.82 Å². The van der Waals surface area contributed by atoms with Crippen molar-refractivity contribution in [3.05, 3.63) is 99.1 Å². The van der Waals surface area contributed by atoms with Crippen LogP contribution >= 0.6 is 23.4 Å². The largest absolute Gasteiger partial charge is 0.350 e. The molecule has 1 heterocycles. The summed E-state index contributed by atoms with van der Waals surface area (Å²) in [7, 11) is 0. The third kappa shape index (κ3) is 5.26. The molecule has 0 atom stereocenters. The second-order valence-electron chi connectivity index (χ2n) is 7.79. The van der Waals surface area contributed by atoms with Crippen LogP contribution in [0, 0.1) is 5.82 Å². The second-order valence-corrected chi connectivity index (χ2v) is 9.17. The van der Waals surface area contributed by atoms with Crippen LogP contribution in [0.5, 0.6) is 0 Å². The van der Waals surface area contributed by atoms with E-state index in [4.69, 9.17) is 16.6 Å². The number of nitrogens with one attached hydrogen (secondary N) is 1. The number of aromatic nitrogens is 2. The lowest BCUT2D eigenvalue weighted by Gasteiger charge is -2.14. The van der Waals surface area contributed by atoms with Crippen molar-refractivity contribution in [2.24, 2.45) is 0 Å². The van der Waals surface area contributed by atoms with Gasteiger partial charge in [-0.15, -0.1) is 0 Å². The summed E-state index contributed by atoms with van der Waals surface area (Å²) in [6, 6.07) is 18.0. The lowest BCUT2D eigenvalue weighted by atomic mass is 10.1. The van der Waals surface area contributed by atoms with E-state index in [0.717, 1.165) is 5.56 Å². The molecule has 3 aromatic carbocycles. The number of nitrogens with zero attached hydrogens (tertiary/aromatic N) is 2. The summed E-state index contributed by atoms with van der Waals surface area (Å²) >= 11 is 7.32. The molecule has 1 N–H and O–H groups in total. The van der Waals surface area contributed by atoms with E-state index in [9.17, 15) is 14.0 Å². The molecule has 0 aliphatic heterocycles. The summed E-state index contributed by atoms with van der Waals surface area (Å²) in [6.07, 6.45) is 0. The van der Waals surface area contributed by atoms with Crippen molar-refractivity contribution in [1.29, 1.82) is 0 Å². The number of fused-ring (bicyclic) bond motifs is 1. The maximum absolute atomic E-state index is 14.0. The average Bonchev–Trinajstić information content (AvgIpc) is 2.78.